The quantitative estimate of drug-likeness (QED) is 0.0264. The summed E-state index contributed by atoms with van der Waals surface area (Å²) in [4.78, 5) is 83.0. The van der Waals surface area contributed by atoms with Crippen molar-refractivity contribution >= 4 is 70.2 Å². The number of halogens is 1. The van der Waals surface area contributed by atoms with Gasteiger partial charge in [-0.05, 0) is 157 Å². The van der Waals surface area contributed by atoms with E-state index >= 15 is 0 Å². The standard InChI is InChI=1S/C43H53N9OS.C41H48IN9O.C2H6S/c1-2-54-35-43(53)48-37-17-15-36(16-18-37)29-42-34-51(32-40-13-5-9-21-46-40)26-25-49(30-38-11-3-7-19-44-38)23-24-50(31-39-12-4-8-20-45-39)27-28-52(42)33-41-14-6-10-22-47-41;42-28-41(52)47-35-15-13-34(14-16-35)27-40-33-50(31-38-11-3-7-19-45-38)24-23-48(29-36-9-1-5-17-43-36)21-22-49(30-37-10-2-6-18-44-37)25-26-51(40)32-39-12-4-8-20-46-39;1-2-3/h3-22,42H,2,23-35H2,1H3,(H,48,53);1-20,40H,21-33H2,(H,47,52);3H,2H2,1H3. The summed E-state index contributed by atoms with van der Waals surface area (Å²) in [5, 5.41) is 6.05. The molecule has 0 bridgehead atoms. The minimum atomic E-state index is 0.00622. The Kier molecular flexibility index (Phi) is 36.4. The van der Waals surface area contributed by atoms with Crippen molar-refractivity contribution in [3.63, 3.8) is 0 Å². The molecule has 2 N–H and O–H groups in total. The Hall–Kier alpha value is -8.31. The molecular formula is C86H107IN18O2S2. The van der Waals surface area contributed by atoms with E-state index in [-0.39, 0.29) is 23.9 Å². The summed E-state index contributed by atoms with van der Waals surface area (Å²) in [5.41, 5.74) is 12.7. The molecule has 0 radical (unpaired) electrons. The summed E-state index contributed by atoms with van der Waals surface area (Å²) >= 11 is 7.51. The monoisotopic (exact) mass is 1610 g/mol. The van der Waals surface area contributed by atoms with Crippen molar-refractivity contribution in [2.75, 3.05) is 124 Å². The number of amides is 2. The molecule has 109 heavy (non-hydrogen) atoms. The van der Waals surface area contributed by atoms with Crippen LogP contribution in [0.3, 0.4) is 0 Å². The van der Waals surface area contributed by atoms with Gasteiger partial charge < -0.3 is 10.6 Å². The highest BCUT2D eigenvalue weighted by Gasteiger charge is 2.29. The van der Waals surface area contributed by atoms with E-state index in [1.807, 2.05) is 129 Å². The minimum absolute atomic E-state index is 0.00622. The molecule has 2 aliphatic heterocycles. The molecule has 2 unspecified atom stereocenters. The zero-order valence-corrected chi connectivity index (χ0v) is 67.1. The molecule has 0 spiro atoms. The molecule has 0 aliphatic carbocycles. The SMILES string of the molecule is CCS.CCSCC(=O)Nc1ccc(CC2CN(Cc3ccccn3)CCN(Cc3ccccn3)CCN(Cc3ccccn3)CCN2Cc2ccccn2)cc1.O=C(CI)Nc1ccc(CC2CN(Cc3ccccn3)CCN(Cc3ccccn3)CCN(Cc3ccccn3)CCN2Cc2ccccn2)cc1. The van der Waals surface area contributed by atoms with Crippen LogP contribution in [0.25, 0.3) is 0 Å². The second-order valence-electron chi connectivity index (χ2n) is 27.4. The van der Waals surface area contributed by atoms with Crippen LogP contribution < -0.4 is 10.6 Å². The molecule has 2 amide bonds. The van der Waals surface area contributed by atoms with E-state index < -0.39 is 0 Å². The summed E-state index contributed by atoms with van der Waals surface area (Å²) < 4.78 is 0.423. The third kappa shape index (κ3) is 30.8. The lowest BCUT2D eigenvalue weighted by Gasteiger charge is -2.39. The van der Waals surface area contributed by atoms with Crippen molar-refractivity contribution in [2.45, 2.75) is 91.1 Å². The van der Waals surface area contributed by atoms with E-state index in [9.17, 15) is 9.59 Å². The van der Waals surface area contributed by atoms with Gasteiger partial charge in [0.2, 0.25) is 11.8 Å². The lowest BCUT2D eigenvalue weighted by atomic mass is 10.0. The number of rotatable bonds is 26. The smallest absolute Gasteiger partial charge is 0.234 e. The van der Waals surface area contributed by atoms with E-state index in [2.05, 4.69) is 218 Å². The molecule has 2 aliphatic rings. The summed E-state index contributed by atoms with van der Waals surface area (Å²) in [6.45, 7) is 22.7. The predicted octanol–water partition coefficient (Wildman–Crippen LogP) is 12.4. The van der Waals surface area contributed by atoms with Crippen LogP contribution in [-0.2, 0) is 74.8 Å². The van der Waals surface area contributed by atoms with Crippen molar-refractivity contribution < 1.29 is 9.59 Å². The largest absolute Gasteiger partial charge is 0.325 e. The molecule has 2 aromatic carbocycles. The molecule has 0 saturated carbocycles. The molecule has 23 heteroatoms. The predicted molar refractivity (Wildman–Crippen MR) is 453 cm³/mol. The molecule has 2 atom stereocenters. The number of nitrogens with zero attached hydrogens (tertiary/aromatic N) is 16. The van der Waals surface area contributed by atoms with Crippen LogP contribution >= 0.6 is 47.0 Å². The van der Waals surface area contributed by atoms with Gasteiger partial charge in [-0.3, -0.25) is 88.7 Å². The summed E-state index contributed by atoms with van der Waals surface area (Å²) in [5.74, 6) is 2.37. The first-order chi connectivity index (χ1) is 53.6. The van der Waals surface area contributed by atoms with Gasteiger partial charge in [0, 0.05) is 217 Å². The Balaban J connectivity index is 0.000000224. The number of alkyl halides is 1. The van der Waals surface area contributed by atoms with Crippen molar-refractivity contribution in [1.29, 1.82) is 0 Å². The number of nitrogens with one attached hydrogen (secondary N) is 2. The zero-order chi connectivity index (χ0) is 75.7. The van der Waals surface area contributed by atoms with Crippen molar-refractivity contribution in [3.8, 4) is 0 Å². The van der Waals surface area contributed by atoms with E-state index in [0.717, 1.165) is 225 Å². The van der Waals surface area contributed by atoms with Gasteiger partial charge >= 0.3 is 0 Å². The summed E-state index contributed by atoms with van der Waals surface area (Å²) in [6, 6.07) is 66.6. The van der Waals surface area contributed by atoms with Gasteiger partial charge in [-0.2, -0.15) is 24.4 Å². The highest BCUT2D eigenvalue weighted by atomic mass is 127. The summed E-state index contributed by atoms with van der Waals surface area (Å²) in [6.07, 6.45) is 16.8. The fourth-order valence-corrected chi connectivity index (χ4v) is 14.2. The number of thioether (sulfide) groups is 1. The number of aromatic nitrogens is 8. The second kappa shape index (κ2) is 47.7. The topological polar surface area (TPSA) is 187 Å². The van der Waals surface area contributed by atoms with Gasteiger partial charge in [0.05, 0.1) is 55.7 Å². The van der Waals surface area contributed by atoms with Gasteiger partial charge in [0.15, 0.2) is 0 Å². The van der Waals surface area contributed by atoms with Crippen molar-refractivity contribution in [1.82, 2.24) is 79.1 Å². The van der Waals surface area contributed by atoms with Crippen molar-refractivity contribution in [3.05, 3.63) is 300 Å². The first kappa shape index (κ1) is 83.2. The normalized spacial score (nSPS) is 16.8. The van der Waals surface area contributed by atoms with Crippen LogP contribution in [0, 0.1) is 0 Å². The third-order valence-corrected chi connectivity index (χ3v) is 20.7. The molecule has 2 fully saturated rings. The fourth-order valence-electron chi connectivity index (χ4n) is 13.5. The lowest BCUT2D eigenvalue weighted by Crippen LogP contribution is -2.50. The van der Waals surface area contributed by atoms with E-state index in [0.29, 0.717) is 10.2 Å². The van der Waals surface area contributed by atoms with Crippen LogP contribution in [0.1, 0.15) is 70.5 Å². The Morgan fingerprint density at radius 2 is 0.606 bits per heavy atom. The number of pyridine rings is 8. The Morgan fingerprint density at radius 1 is 0.358 bits per heavy atom. The summed E-state index contributed by atoms with van der Waals surface area (Å²) in [7, 11) is 0. The average Bonchev–Trinajstić information content (AvgIpc) is 0.844. The number of carbonyl (C=O) groups excluding carboxylic acids is 2. The van der Waals surface area contributed by atoms with Crippen molar-refractivity contribution in [2.24, 2.45) is 0 Å². The average molecular weight is 1620 g/mol. The number of hydrogen-bond acceptors (Lipinski definition) is 20. The molecular weight excluding hydrogens is 1510 g/mol. The highest BCUT2D eigenvalue weighted by molar-refractivity contribution is 14.1. The maximum absolute atomic E-state index is 12.5. The molecule has 12 rings (SSSR count). The number of hydrogen-bond donors (Lipinski definition) is 3. The minimum Gasteiger partial charge on any atom is -0.325 e. The number of carbonyl (C=O) groups is 2. The molecule has 10 aromatic rings. The van der Waals surface area contributed by atoms with E-state index in [1.54, 1.807) is 11.8 Å². The van der Waals surface area contributed by atoms with E-state index in [1.165, 1.54) is 11.1 Å². The van der Waals surface area contributed by atoms with E-state index in [4.69, 9.17) is 34.9 Å². The maximum Gasteiger partial charge on any atom is 0.234 e. The first-order valence-electron chi connectivity index (χ1n) is 38.1. The van der Waals surface area contributed by atoms with Gasteiger partial charge in [0.25, 0.3) is 0 Å². The Bertz CT molecular complexity index is 4100. The van der Waals surface area contributed by atoms with Crippen LogP contribution in [0.5, 0.6) is 0 Å². The molecule has 10 heterocycles. The van der Waals surface area contributed by atoms with Crippen LogP contribution in [0.15, 0.2) is 244 Å². The highest BCUT2D eigenvalue weighted by Crippen LogP contribution is 2.23. The molecule has 8 aromatic heterocycles. The fraction of sp³-hybridized carbons (Fsp3) is 0.372. The third-order valence-electron chi connectivity index (χ3n) is 19.1. The first-order valence-corrected chi connectivity index (χ1v) is 41.5. The van der Waals surface area contributed by atoms with Crippen LogP contribution in [0.4, 0.5) is 11.4 Å². The van der Waals surface area contributed by atoms with Gasteiger partial charge in [0.1, 0.15) is 0 Å². The lowest BCUT2D eigenvalue weighted by molar-refractivity contribution is -0.114. The van der Waals surface area contributed by atoms with Crippen LogP contribution in [0.2, 0.25) is 0 Å². The molecule has 20 nitrogen and oxygen atoms in total. The van der Waals surface area contributed by atoms with Gasteiger partial charge in [-0.25, -0.2) is 0 Å². The number of anilines is 2. The number of thiol groups is 1. The van der Waals surface area contributed by atoms with Gasteiger partial charge in [-0.1, -0.05) is 109 Å². The zero-order valence-electron chi connectivity index (χ0n) is 63.3. The Morgan fingerprint density at radius 3 is 0.862 bits per heavy atom. The maximum atomic E-state index is 12.5. The number of benzene rings is 2. The molecule has 572 valence electrons. The second-order valence-corrected chi connectivity index (χ2v) is 30.0. The van der Waals surface area contributed by atoms with Crippen LogP contribution in [-0.4, -0.2) is 216 Å². The Labute approximate surface area is 669 Å². The van der Waals surface area contributed by atoms with Gasteiger partial charge in [-0.15, -0.1) is 0 Å². The molecule has 2 saturated heterocycles.